The average Bonchev–Trinajstić information content (AvgIpc) is 2.52. The summed E-state index contributed by atoms with van der Waals surface area (Å²) in [5.74, 6) is 0.301. The van der Waals surface area contributed by atoms with Crippen molar-refractivity contribution in [3.05, 3.63) is 33.3 Å². The predicted octanol–water partition coefficient (Wildman–Crippen LogP) is 3.42. The second kappa shape index (κ2) is 7.45. The molecule has 0 radical (unpaired) electrons. The Hall–Kier alpha value is -1.82. The highest BCUT2D eigenvalue weighted by atomic mass is 35.5. The molecule has 6 nitrogen and oxygen atoms in total. The number of ether oxygens (including phenoxy) is 1. The Morgan fingerprint density at radius 2 is 2.27 bits per heavy atom. The zero-order valence-electron chi connectivity index (χ0n) is 12.5. The molecule has 1 unspecified atom stereocenters. The first-order valence-electron chi connectivity index (χ1n) is 7.39. The van der Waals surface area contributed by atoms with E-state index in [0.717, 1.165) is 32.2 Å². The Kier molecular flexibility index (Phi) is 5.60. The number of rotatable bonds is 5. The zero-order valence-corrected chi connectivity index (χ0v) is 13.2. The molecule has 1 aliphatic heterocycles. The van der Waals surface area contributed by atoms with E-state index in [4.69, 9.17) is 16.3 Å². The highest BCUT2D eigenvalue weighted by Gasteiger charge is 2.25. The number of nitro groups is 1. The van der Waals surface area contributed by atoms with Crippen LogP contribution in [0.5, 0.6) is 5.75 Å². The lowest BCUT2D eigenvalue weighted by Crippen LogP contribution is -2.45. The van der Waals surface area contributed by atoms with Gasteiger partial charge in [0.05, 0.1) is 4.92 Å². The summed E-state index contributed by atoms with van der Waals surface area (Å²) in [5, 5.41) is 10.7. The van der Waals surface area contributed by atoms with Crippen molar-refractivity contribution >= 4 is 23.2 Å². The van der Waals surface area contributed by atoms with Gasteiger partial charge in [0.15, 0.2) is 6.61 Å². The van der Waals surface area contributed by atoms with Crippen molar-refractivity contribution in [1.82, 2.24) is 4.90 Å². The summed E-state index contributed by atoms with van der Waals surface area (Å²) < 4.78 is 5.43. The van der Waals surface area contributed by atoms with Crippen molar-refractivity contribution in [3.63, 3.8) is 0 Å². The van der Waals surface area contributed by atoms with Crippen molar-refractivity contribution in [2.24, 2.45) is 0 Å². The molecule has 1 amide bonds. The quantitative estimate of drug-likeness (QED) is 0.614. The highest BCUT2D eigenvalue weighted by Crippen LogP contribution is 2.28. The van der Waals surface area contributed by atoms with Crippen LogP contribution in [-0.4, -0.2) is 34.9 Å². The molecule has 7 heteroatoms. The minimum atomic E-state index is -0.559. The van der Waals surface area contributed by atoms with E-state index in [1.165, 1.54) is 18.2 Å². The van der Waals surface area contributed by atoms with Gasteiger partial charge in [-0.1, -0.05) is 18.5 Å². The molecule has 1 atom stereocenters. The van der Waals surface area contributed by atoms with E-state index in [-0.39, 0.29) is 29.3 Å². The molecule has 2 rings (SSSR count). The normalized spacial score (nSPS) is 18.1. The maximum absolute atomic E-state index is 12.3. The number of likely N-dealkylation sites (tertiary alicyclic amines) is 1. The molecule has 120 valence electrons. The summed E-state index contributed by atoms with van der Waals surface area (Å²) >= 11 is 5.82. The predicted molar refractivity (Wildman–Crippen MR) is 83.2 cm³/mol. The number of nitro benzene ring substituents is 1. The van der Waals surface area contributed by atoms with Crippen molar-refractivity contribution in [1.29, 1.82) is 0 Å². The van der Waals surface area contributed by atoms with E-state index >= 15 is 0 Å². The summed E-state index contributed by atoms with van der Waals surface area (Å²) in [7, 11) is 0. The van der Waals surface area contributed by atoms with Crippen molar-refractivity contribution in [2.45, 2.75) is 38.6 Å². The molecule has 22 heavy (non-hydrogen) atoms. The highest BCUT2D eigenvalue weighted by molar-refractivity contribution is 6.32. The fourth-order valence-corrected chi connectivity index (χ4v) is 2.95. The van der Waals surface area contributed by atoms with Crippen LogP contribution >= 0.6 is 11.6 Å². The van der Waals surface area contributed by atoms with E-state index in [2.05, 4.69) is 6.92 Å². The Bertz CT molecular complexity index is 564. The van der Waals surface area contributed by atoms with Crippen LogP contribution in [0.25, 0.3) is 0 Å². The van der Waals surface area contributed by atoms with Crippen molar-refractivity contribution in [2.75, 3.05) is 13.2 Å². The SMILES string of the molecule is CCC1CCCCN1C(=O)COc1ccc([N+](=O)[O-])c(Cl)c1. The molecule has 0 saturated carbocycles. The number of hydrogen-bond donors (Lipinski definition) is 0. The Labute approximate surface area is 134 Å². The first kappa shape index (κ1) is 16.5. The average molecular weight is 327 g/mol. The Morgan fingerprint density at radius 3 is 2.91 bits per heavy atom. The zero-order chi connectivity index (χ0) is 16.1. The van der Waals surface area contributed by atoms with Crippen LogP contribution in [0.15, 0.2) is 18.2 Å². The van der Waals surface area contributed by atoms with Crippen LogP contribution in [0.1, 0.15) is 32.6 Å². The van der Waals surface area contributed by atoms with Gasteiger partial charge in [0, 0.05) is 24.7 Å². The standard InChI is InChI=1S/C15H19ClN2O4/c1-2-11-5-3-4-8-17(11)15(19)10-22-12-6-7-14(18(20)21)13(16)9-12/h6-7,9,11H,2-5,8,10H2,1H3. The van der Waals surface area contributed by atoms with Crippen LogP contribution in [0.4, 0.5) is 5.69 Å². The molecular formula is C15H19ClN2O4. The minimum Gasteiger partial charge on any atom is -0.484 e. The molecule has 1 fully saturated rings. The first-order chi connectivity index (χ1) is 10.5. The van der Waals surface area contributed by atoms with E-state index in [0.29, 0.717) is 5.75 Å². The molecule has 0 aromatic heterocycles. The fourth-order valence-electron chi connectivity index (χ4n) is 2.71. The number of carbonyl (C=O) groups is 1. The number of halogens is 1. The largest absolute Gasteiger partial charge is 0.484 e. The molecular weight excluding hydrogens is 308 g/mol. The topological polar surface area (TPSA) is 72.7 Å². The molecule has 1 aromatic carbocycles. The number of benzene rings is 1. The van der Waals surface area contributed by atoms with Gasteiger partial charge in [-0.3, -0.25) is 14.9 Å². The number of hydrogen-bond acceptors (Lipinski definition) is 4. The summed E-state index contributed by atoms with van der Waals surface area (Å²) in [6.07, 6.45) is 4.15. The van der Waals surface area contributed by atoms with Crippen LogP contribution in [0.2, 0.25) is 5.02 Å². The summed E-state index contributed by atoms with van der Waals surface area (Å²) in [6.45, 7) is 2.76. The summed E-state index contributed by atoms with van der Waals surface area (Å²) in [4.78, 5) is 24.3. The third-order valence-electron chi connectivity index (χ3n) is 3.90. The molecule has 0 spiro atoms. The van der Waals surface area contributed by atoms with Gasteiger partial charge < -0.3 is 9.64 Å². The maximum atomic E-state index is 12.3. The third kappa shape index (κ3) is 3.88. The molecule has 1 aromatic rings. The van der Waals surface area contributed by atoms with Gasteiger partial charge in [0.25, 0.3) is 11.6 Å². The number of piperidine rings is 1. The van der Waals surface area contributed by atoms with Crippen molar-refractivity contribution in [3.8, 4) is 5.75 Å². The maximum Gasteiger partial charge on any atom is 0.288 e. The van der Waals surface area contributed by atoms with Gasteiger partial charge in [-0.2, -0.15) is 0 Å². The number of carbonyl (C=O) groups excluding carboxylic acids is 1. The summed E-state index contributed by atoms with van der Waals surface area (Å²) in [6, 6.07) is 4.37. The van der Waals surface area contributed by atoms with Gasteiger partial charge in [0.1, 0.15) is 10.8 Å². The second-order valence-electron chi connectivity index (χ2n) is 5.30. The van der Waals surface area contributed by atoms with Gasteiger partial charge in [0.2, 0.25) is 0 Å². The summed E-state index contributed by atoms with van der Waals surface area (Å²) in [5.41, 5.74) is -0.178. The van der Waals surface area contributed by atoms with Gasteiger partial charge >= 0.3 is 0 Å². The lowest BCUT2D eigenvalue weighted by Gasteiger charge is -2.35. The molecule has 1 aliphatic rings. The molecule has 0 N–H and O–H groups in total. The minimum absolute atomic E-state index is 0.000596. The first-order valence-corrected chi connectivity index (χ1v) is 7.77. The molecule has 1 saturated heterocycles. The van der Waals surface area contributed by atoms with E-state index < -0.39 is 4.92 Å². The second-order valence-corrected chi connectivity index (χ2v) is 5.71. The van der Waals surface area contributed by atoms with Crippen LogP contribution in [-0.2, 0) is 4.79 Å². The molecule has 0 aliphatic carbocycles. The Balaban J connectivity index is 1.96. The van der Waals surface area contributed by atoms with E-state index in [1.807, 2.05) is 4.90 Å². The monoisotopic (exact) mass is 326 g/mol. The van der Waals surface area contributed by atoms with Crippen LogP contribution < -0.4 is 4.74 Å². The van der Waals surface area contributed by atoms with Crippen LogP contribution in [0, 0.1) is 10.1 Å². The van der Waals surface area contributed by atoms with Crippen LogP contribution in [0.3, 0.4) is 0 Å². The van der Waals surface area contributed by atoms with Gasteiger partial charge in [-0.15, -0.1) is 0 Å². The number of amides is 1. The lowest BCUT2D eigenvalue weighted by atomic mass is 10.00. The third-order valence-corrected chi connectivity index (χ3v) is 4.20. The van der Waals surface area contributed by atoms with Crippen molar-refractivity contribution < 1.29 is 14.5 Å². The fraction of sp³-hybridized carbons (Fsp3) is 0.533. The lowest BCUT2D eigenvalue weighted by molar-refractivity contribution is -0.384. The van der Waals surface area contributed by atoms with Gasteiger partial charge in [-0.25, -0.2) is 0 Å². The smallest absolute Gasteiger partial charge is 0.288 e. The van der Waals surface area contributed by atoms with Gasteiger partial charge in [-0.05, 0) is 31.7 Å². The van der Waals surface area contributed by atoms with E-state index in [9.17, 15) is 14.9 Å². The number of nitrogens with zero attached hydrogens (tertiary/aromatic N) is 2. The molecule has 0 bridgehead atoms. The van der Waals surface area contributed by atoms with E-state index in [1.54, 1.807) is 0 Å². The molecule has 1 heterocycles. The Morgan fingerprint density at radius 1 is 1.50 bits per heavy atom.